The van der Waals surface area contributed by atoms with Crippen molar-refractivity contribution in [3.05, 3.63) is 70.5 Å². The number of benzene rings is 2. The molecule has 0 saturated heterocycles. The van der Waals surface area contributed by atoms with Gasteiger partial charge in [-0.2, -0.15) is 0 Å². The number of hydrogen-bond donors (Lipinski definition) is 2. The van der Waals surface area contributed by atoms with E-state index in [2.05, 4.69) is 41.6 Å². The van der Waals surface area contributed by atoms with Crippen LogP contribution in [0, 0.1) is 12.7 Å². The predicted molar refractivity (Wildman–Crippen MR) is 122 cm³/mol. The summed E-state index contributed by atoms with van der Waals surface area (Å²) < 4.78 is 13.9. The molecule has 0 aliphatic rings. The van der Waals surface area contributed by atoms with Crippen LogP contribution >= 0.6 is 24.0 Å². The minimum absolute atomic E-state index is 0. The lowest BCUT2D eigenvalue weighted by atomic mass is 10.0. The fourth-order valence-corrected chi connectivity index (χ4v) is 2.94. The van der Waals surface area contributed by atoms with Crippen molar-refractivity contribution in [2.45, 2.75) is 33.0 Å². The molecule has 2 aromatic rings. The first-order chi connectivity index (χ1) is 12.4. The third-order valence-corrected chi connectivity index (χ3v) is 4.29. The summed E-state index contributed by atoms with van der Waals surface area (Å²) in [6.07, 6.45) is 0. The van der Waals surface area contributed by atoms with Crippen LogP contribution in [0.5, 0.6) is 0 Å². The highest BCUT2D eigenvalue weighted by molar-refractivity contribution is 14.0. The molecule has 0 aliphatic carbocycles. The summed E-state index contributed by atoms with van der Waals surface area (Å²) in [7, 11) is 5.62. The maximum atomic E-state index is 13.9. The lowest BCUT2D eigenvalue weighted by Gasteiger charge is -2.20. The average Bonchev–Trinajstić information content (AvgIpc) is 2.60. The van der Waals surface area contributed by atoms with Gasteiger partial charge in [0.15, 0.2) is 5.96 Å². The number of guanidine groups is 1. The molecular formula is C21H30FIN4. The lowest BCUT2D eigenvalue weighted by Crippen LogP contribution is -2.38. The molecule has 0 saturated carbocycles. The molecular weight excluding hydrogens is 454 g/mol. The van der Waals surface area contributed by atoms with Gasteiger partial charge in [-0.05, 0) is 56.8 Å². The zero-order valence-corrected chi connectivity index (χ0v) is 19.0. The van der Waals surface area contributed by atoms with E-state index in [-0.39, 0.29) is 35.8 Å². The van der Waals surface area contributed by atoms with Crippen LogP contribution in [0.4, 0.5) is 4.39 Å². The number of hydrogen-bond acceptors (Lipinski definition) is 2. The zero-order valence-electron chi connectivity index (χ0n) is 16.7. The van der Waals surface area contributed by atoms with Crippen molar-refractivity contribution in [3.8, 4) is 0 Å². The van der Waals surface area contributed by atoms with Gasteiger partial charge in [0.25, 0.3) is 0 Å². The van der Waals surface area contributed by atoms with E-state index in [4.69, 9.17) is 0 Å². The van der Waals surface area contributed by atoms with Crippen molar-refractivity contribution in [2.75, 3.05) is 21.1 Å². The molecule has 1 unspecified atom stereocenters. The van der Waals surface area contributed by atoms with E-state index in [9.17, 15) is 4.39 Å². The quantitative estimate of drug-likeness (QED) is 0.366. The number of aliphatic imine (C=N–C) groups is 1. The fourth-order valence-electron chi connectivity index (χ4n) is 2.94. The normalized spacial score (nSPS) is 12.5. The molecule has 2 aromatic carbocycles. The third-order valence-electron chi connectivity index (χ3n) is 4.29. The highest BCUT2D eigenvalue weighted by atomic mass is 127. The van der Waals surface area contributed by atoms with Gasteiger partial charge in [-0.15, -0.1) is 24.0 Å². The Hall–Kier alpha value is -1.67. The van der Waals surface area contributed by atoms with Gasteiger partial charge in [-0.25, -0.2) is 4.39 Å². The van der Waals surface area contributed by atoms with E-state index in [1.165, 1.54) is 17.2 Å². The molecule has 0 radical (unpaired) electrons. The van der Waals surface area contributed by atoms with Crippen LogP contribution in [0.25, 0.3) is 0 Å². The number of aryl methyl sites for hydroxylation is 1. The summed E-state index contributed by atoms with van der Waals surface area (Å²) >= 11 is 0. The largest absolute Gasteiger partial charge is 0.352 e. The molecule has 0 aromatic heterocycles. The second-order valence-electron chi connectivity index (χ2n) is 6.81. The van der Waals surface area contributed by atoms with Crippen molar-refractivity contribution < 1.29 is 4.39 Å². The Kier molecular flexibility index (Phi) is 9.73. The van der Waals surface area contributed by atoms with E-state index in [0.29, 0.717) is 18.7 Å². The molecule has 0 amide bonds. The van der Waals surface area contributed by atoms with Crippen LogP contribution in [0.2, 0.25) is 0 Å². The summed E-state index contributed by atoms with van der Waals surface area (Å²) in [5.74, 6) is 0.553. The number of nitrogens with zero attached hydrogens (tertiary/aromatic N) is 2. The Balaban J connectivity index is 0.00000364. The molecule has 27 heavy (non-hydrogen) atoms. The van der Waals surface area contributed by atoms with E-state index < -0.39 is 0 Å². The second-order valence-corrected chi connectivity index (χ2v) is 6.81. The highest BCUT2D eigenvalue weighted by Crippen LogP contribution is 2.16. The Morgan fingerprint density at radius 1 is 1.19 bits per heavy atom. The molecule has 6 heteroatoms. The summed E-state index contributed by atoms with van der Waals surface area (Å²) in [6.45, 7) is 5.38. The van der Waals surface area contributed by atoms with E-state index in [1.807, 2.05) is 37.2 Å². The number of rotatable bonds is 6. The first-order valence-electron chi connectivity index (χ1n) is 8.85. The summed E-state index contributed by atoms with van der Waals surface area (Å²) in [6, 6.07) is 13.7. The molecule has 1 atom stereocenters. The molecule has 0 aliphatic heterocycles. The minimum atomic E-state index is -0.168. The SMILES string of the molecule is CN=C(NCc1ccc(F)c(CN(C)C)c1)NC(C)c1ccccc1C.I. The predicted octanol–water partition coefficient (Wildman–Crippen LogP) is 4.24. The number of halogens is 2. The van der Waals surface area contributed by atoms with Gasteiger partial charge in [-0.1, -0.05) is 30.3 Å². The molecule has 2 N–H and O–H groups in total. The Morgan fingerprint density at radius 3 is 2.52 bits per heavy atom. The molecule has 0 bridgehead atoms. The monoisotopic (exact) mass is 484 g/mol. The van der Waals surface area contributed by atoms with Gasteiger partial charge in [0.2, 0.25) is 0 Å². The summed E-state index contributed by atoms with van der Waals surface area (Å²) in [5, 5.41) is 6.72. The maximum absolute atomic E-state index is 13.9. The molecule has 0 spiro atoms. The van der Waals surface area contributed by atoms with E-state index in [1.54, 1.807) is 13.1 Å². The second kappa shape index (κ2) is 11.2. The molecule has 4 nitrogen and oxygen atoms in total. The Bertz CT molecular complexity index is 762. The van der Waals surface area contributed by atoms with Crippen molar-refractivity contribution in [1.29, 1.82) is 0 Å². The molecule has 148 valence electrons. The third kappa shape index (κ3) is 7.10. The van der Waals surface area contributed by atoms with Gasteiger partial charge in [0.05, 0.1) is 6.04 Å². The average molecular weight is 484 g/mol. The molecule has 2 rings (SSSR count). The summed E-state index contributed by atoms with van der Waals surface area (Å²) in [4.78, 5) is 6.26. The first kappa shape index (κ1) is 23.4. The van der Waals surface area contributed by atoms with Crippen LogP contribution in [0.15, 0.2) is 47.5 Å². The summed E-state index contributed by atoms with van der Waals surface area (Å²) in [5.41, 5.74) is 4.21. The van der Waals surface area contributed by atoms with Crippen LogP contribution in [0.1, 0.15) is 35.2 Å². The topological polar surface area (TPSA) is 39.7 Å². The van der Waals surface area contributed by atoms with Gasteiger partial charge in [0, 0.05) is 25.7 Å². The standard InChI is InChI=1S/C21H29FN4.HI/c1-15-8-6-7-9-19(15)16(2)25-21(23-3)24-13-17-10-11-20(22)18(12-17)14-26(4)5;/h6-12,16H,13-14H2,1-5H3,(H2,23,24,25);1H. The highest BCUT2D eigenvalue weighted by Gasteiger charge is 2.10. The number of nitrogens with one attached hydrogen (secondary N) is 2. The van der Waals surface area contributed by atoms with Crippen molar-refractivity contribution >= 4 is 29.9 Å². The van der Waals surface area contributed by atoms with E-state index >= 15 is 0 Å². The Morgan fingerprint density at radius 2 is 1.89 bits per heavy atom. The maximum Gasteiger partial charge on any atom is 0.191 e. The molecule has 0 heterocycles. The first-order valence-corrected chi connectivity index (χ1v) is 8.85. The van der Waals surface area contributed by atoms with Gasteiger partial charge >= 0.3 is 0 Å². The fraction of sp³-hybridized carbons (Fsp3) is 0.381. The van der Waals surface area contributed by atoms with Gasteiger partial charge < -0.3 is 15.5 Å². The van der Waals surface area contributed by atoms with Crippen molar-refractivity contribution in [3.63, 3.8) is 0 Å². The smallest absolute Gasteiger partial charge is 0.191 e. The lowest BCUT2D eigenvalue weighted by molar-refractivity contribution is 0.392. The Labute approximate surface area is 179 Å². The van der Waals surface area contributed by atoms with Gasteiger partial charge in [-0.3, -0.25) is 4.99 Å². The molecule has 0 fully saturated rings. The minimum Gasteiger partial charge on any atom is -0.352 e. The van der Waals surface area contributed by atoms with Crippen molar-refractivity contribution in [2.24, 2.45) is 4.99 Å². The zero-order chi connectivity index (χ0) is 19.1. The van der Waals surface area contributed by atoms with Crippen molar-refractivity contribution in [1.82, 2.24) is 15.5 Å². The van der Waals surface area contributed by atoms with Crippen LogP contribution in [-0.2, 0) is 13.1 Å². The van der Waals surface area contributed by atoms with Crippen LogP contribution in [0.3, 0.4) is 0 Å². The van der Waals surface area contributed by atoms with E-state index in [0.717, 1.165) is 11.5 Å². The van der Waals surface area contributed by atoms with Crippen LogP contribution < -0.4 is 10.6 Å². The van der Waals surface area contributed by atoms with Crippen LogP contribution in [-0.4, -0.2) is 32.0 Å². The van der Waals surface area contributed by atoms with Gasteiger partial charge in [0.1, 0.15) is 5.82 Å².